The largest absolute Gasteiger partial charge is 0.482 e. The predicted octanol–water partition coefficient (Wildman–Crippen LogP) is 1.50. The van der Waals surface area contributed by atoms with Crippen molar-refractivity contribution >= 4 is 11.5 Å². The molecular formula is C10H13N3O4. The summed E-state index contributed by atoms with van der Waals surface area (Å²) in [6, 6.07) is 5.58. The Kier molecular flexibility index (Phi) is 4.27. The first kappa shape index (κ1) is 12.8. The van der Waals surface area contributed by atoms with E-state index in [2.05, 4.69) is 5.16 Å². The lowest BCUT2D eigenvalue weighted by Gasteiger charge is -2.15. The predicted molar refractivity (Wildman–Crippen MR) is 61.2 cm³/mol. The van der Waals surface area contributed by atoms with Crippen LogP contribution in [-0.2, 0) is 0 Å². The van der Waals surface area contributed by atoms with E-state index < -0.39 is 11.0 Å². The highest BCUT2D eigenvalue weighted by molar-refractivity contribution is 5.84. The maximum atomic E-state index is 10.4. The highest BCUT2D eigenvalue weighted by atomic mass is 16.6. The fraction of sp³-hybridized carbons (Fsp3) is 0.300. The third-order valence-electron chi connectivity index (χ3n) is 2.14. The van der Waals surface area contributed by atoms with Crippen LogP contribution >= 0.6 is 0 Å². The van der Waals surface area contributed by atoms with Crippen LogP contribution < -0.4 is 10.5 Å². The van der Waals surface area contributed by atoms with Gasteiger partial charge in [-0.1, -0.05) is 12.1 Å². The molecule has 0 spiro atoms. The van der Waals surface area contributed by atoms with Crippen molar-refractivity contribution in [3.05, 3.63) is 34.4 Å². The minimum atomic E-state index is -0.554. The van der Waals surface area contributed by atoms with Crippen LogP contribution in [0.1, 0.15) is 13.3 Å². The normalized spacial score (nSPS) is 13.1. The lowest BCUT2D eigenvalue weighted by molar-refractivity contribution is -0.384. The van der Waals surface area contributed by atoms with Gasteiger partial charge >= 0.3 is 0 Å². The van der Waals surface area contributed by atoms with Gasteiger partial charge in [-0.3, -0.25) is 10.1 Å². The molecule has 0 amide bonds. The zero-order valence-electron chi connectivity index (χ0n) is 9.24. The second-order valence-corrected chi connectivity index (χ2v) is 3.29. The molecule has 0 saturated heterocycles. The second-order valence-electron chi connectivity index (χ2n) is 3.29. The number of nitrogens with zero attached hydrogens (tertiary/aromatic N) is 2. The molecule has 92 valence electrons. The van der Waals surface area contributed by atoms with Crippen LogP contribution in [0.5, 0.6) is 5.75 Å². The summed E-state index contributed by atoms with van der Waals surface area (Å²) in [5, 5.41) is 21.8. The van der Waals surface area contributed by atoms with Gasteiger partial charge in [0.05, 0.1) is 4.92 Å². The molecule has 0 aliphatic rings. The molecule has 1 unspecified atom stereocenters. The molecule has 0 saturated carbocycles. The molecule has 3 N–H and O–H groups in total. The quantitative estimate of drug-likeness (QED) is 0.266. The van der Waals surface area contributed by atoms with Crippen molar-refractivity contribution in [3.8, 4) is 5.75 Å². The van der Waals surface area contributed by atoms with E-state index in [0.717, 1.165) is 0 Å². The van der Waals surface area contributed by atoms with E-state index >= 15 is 0 Å². The fourth-order valence-electron chi connectivity index (χ4n) is 1.23. The molecule has 1 rings (SSSR count). The molecule has 1 aromatic rings. The topological polar surface area (TPSA) is 111 Å². The summed E-state index contributed by atoms with van der Waals surface area (Å²) in [4.78, 5) is 9.94. The Bertz CT molecular complexity index is 416. The SMILES string of the molecule is CCC(Oc1ccc([N+](=O)[O-])cc1)C(N)=NO. The molecule has 0 radical (unpaired) electrons. The van der Waals surface area contributed by atoms with Crippen molar-refractivity contribution in [3.63, 3.8) is 0 Å². The summed E-state index contributed by atoms with van der Waals surface area (Å²) < 4.78 is 5.41. The van der Waals surface area contributed by atoms with E-state index in [0.29, 0.717) is 12.2 Å². The Balaban J connectivity index is 2.77. The summed E-state index contributed by atoms with van der Waals surface area (Å²) in [5.41, 5.74) is 5.40. The van der Waals surface area contributed by atoms with Gasteiger partial charge in [0.25, 0.3) is 5.69 Å². The molecule has 1 aromatic carbocycles. The van der Waals surface area contributed by atoms with E-state index in [9.17, 15) is 10.1 Å². The van der Waals surface area contributed by atoms with Crippen molar-refractivity contribution in [2.24, 2.45) is 10.9 Å². The number of rotatable bonds is 5. The zero-order chi connectivity index (χ0) is 12.8. The lowest BCUT2D eigenvalue weighted by atomic mass is 10.2. The lowest BCUT2D eigenvalue weighted by Crippen LogP contribution is -2.33. The molecule has 7 heteroatoms. The van der Waals surface area contributed by atoms with E-state index in [1.54, 1.807) is 0 Å². The first-order valence-electron chi connectivity index (χ1n) is 4.97. The fourth-order valence-corrected chi connectivity index (χ4v) is 1.23. The number of ether oxygens (including phenoxy) is 1. The average molecular weight is 239 g/mol. The molecule has 0 aliphatic heterocycles. The monoisotopic (exact) mass is 239 g/mol. The summed E-state index contributed by atoms with van der Waals surface area (Å²) in [6.45, 7) is 1.81. The van der Waals surface area contributed by atoms with Crippen LogP contribution in [0.25, 0.3) is 0 Å². The zero-order valence-corrected chi connectivity index (χ0v) is 9.24. The summed E-state index contributed by atoms with van der Waals surface area (Å²) in [7, 11) is 0. The van der Waals surface area contributed by atoms with E-state index in [4.69, 9.17) is 15.7 Å². The van der Waals surface area contributed by atoms with E-state index in [1.807, 2.05) is 6.92 Å². The Morgan fingerprint density at radius 2 is 2.18 bits per heavy atom. The van der Waals surface area contributed by atoms with Gasteiger partial charge in [-0.25, -0.2) is 0 Å². The first-order valence-corrected chi connectivity index (χ1v) is 4.97. The maximum Gasteiger partial charge on any atom is 0.269 e. The van der Waals surface area contributed by atoms with Crippen LogP contribution in [0.2, 0.25) is 0 Å². The number of oxime groups is 1. The molecule has 7 nitrogen and oxygen atoms in total. The van der Waals surface area contributed by atoms with Gasteiger partial charge < -0.3 is 15.7 Å². The molecule has 0 bridgehead atoms. The molecular weight excluding hydrogens is 226 g/mol. The Labute approximate surface area is 97.6 Å². The smallest absolute Gasteiger partial charge is 0.269 e. The van der Waals surface area contributed by atoms with Crippen LogP contribution in [0, 0.1) is 10.1 Å². The molecule has 1 atom stereocenters. The van der Waals surface area contributed by atoms with Crippen LogP contribution in [-0.4, -0.2) is 22.1 Å². The number of benzene rings is 1. The highest BCUT2D eigenvalue weighted by Crippen LogP contribution is 2.19. The first-order chi connectivity index (χ1) is 8.08. The number of amidine groups is 1. The minimum Gasteiger partial charge on any atom is -0.482 e. The molecule has 0 heterocycles. The van der Waals surface area contributed by atoms with E-state index in [-0.39, 0.29) is 11.5 Å². The van der Waals surface area contributed by atoms with Crippen molar-refractivity contribution in [1.29, 1.82) is 0 Å². The van der Waals surface area contributed by atoms with E-state index in [1.165, 1.54) is 24.3 Å². The summed E-state index contributed by atoms with van der Waals surface area (Å²) in [5.74, 6) is 0.389. The van der Waals surface area contributed by atoms with Gasteiger partial charge in [-0.2, -0.15) is 0 Å². The summed E-state index contributed by atoms with van der Waals surface area (Å²) in [6.07, 6.45) is -0.0335. The minimum absolute atomic E-state index is 0.0193. The third kappa shape index (κ3) is 3.33. The van der Waals surface area contributed by atoms with Crippen LogP contribution in [0.15, 0.2) is 29.4 Å². The van der Waals surface area contributed by atoms with Crippen molar-refractivity contribution in [2.75, 3.05) is 0 Å². The molecule has 17 heavy (non-hydrogen) atoms. The number of nitro benzene ring substituents is 1. The van der Waals surface area contributed by atoms with Gasteiger partial charge in [0, 0.05) is 12.1 Å². The Hall–Kier alpha value is -2.31. The maximum absolute atomic E-state index is 10.4. The molecule has 0 fully saturated rings. The van der Waals surface area contributed by atoms with Gasteiger partial charge in [-0.05, 0) is 18.6 Å². The third-order valence-corrected chi connectivity index (χ3v) is 2.14. The Morgan fingerprint density at radius 3 is 2.59 bits per heavy atom. The van der Waals surface area contributed by atoms with Gasteiger partial charge in [-0.15, -0.1) is 0 Å². The number of nitrogens with two attached hydrogens (primary N) is 1. The van der Waals surface area contributed by atoms with Gasteiger partial charge in [0.1, 0.15) is 5.75 Å². The number of non-ortho nitro benzene ring substituents is 1. The van der Waals surface area contributed by atoms with Gasteiger partial charge in [0.2, 0.25) is 0 Å². The average Bonchev–Trinajstić information content (AvgIpc) is 2.35. The highest BCUT2D eigenvalue weighted by Gasteiger charge is 2.14. The molecule has 0 aromatic heterocycles. The number of hydrogen-bond donors (Lipinski definition) is 2. The van der Waals surface area contributed by atoms with Crippen molar-refractivity contribution in [2.45, 2.75) is 19.4 Å². The van der Waals surface area contributed by atoms with Crippen molar-refractivity contribution in [1.82, 2.24) is 0 Å². The molecule has 0 aliphatic carbocycles. The number of nitro groups is 1. The van der Waals surface area contributed by atoms with Gasteiger partial charge in [0.15, 0.2) is 11.9 Å². The number of hydrogen-bond acceptors (Lipinski definition) is 5. The Morgan fingerprint density at radius 1 is 1.59 bits per heavy atom. The van der Waals surface area contributed by atoms with Crippen LogP contribution in [0.4, 0.5) is 5.69 Å². The second kappa shape index (κ2) is 5.69. The standard InChI is InChI=1S/C10H13N3O4/c1-2-9(10(11)12-14)17-8-5-3-7(4-6-8)13(15)16/h3-6,9,14H,2H2,1H3,(H2,11,12). The summed E-state index contributed by atoms with van der Waals surface area (Å²) >= 11 is 0. The van der Waals surface area contributed by atoms with Crippen molar-refractivity contribution < 1.29 is 14.9 Å². The van der Waals surface area contributed by atoms with Crippen LogP contribution in [0.3, 0.4) is 0 Å².